The van der Waals surface area contributed by atoms with Gasteiger partial charge in [0.15, 0.2) is 9.84 Å². The quantitative estimate of drug-likeness (QED) is 0.674. The van der Waals surface area contributed by atoms with Gasteiger partial charge in [-0.1, -0.05) is 0 Å². The number of rotatable bonds is 2. The Kier molecular flexibility index (Phi) is 2.31. The number of hydrogen-bond acceptors (Lipinski definition) is 3. The average molecular weight is 213 g/mol. The van der Waals surface area contributed by atoms with Crippen molar-refractivity contribution in [2.75, 3.05) is 11.5 Å². The van der Waals surface area contributed by atoms with Gasteiger partial charge in [-0.15, -0.1) is 0 Å². The summed E-state index contributed by atoms with van der Waals surface area (Å²) in [5.41, 5.74) is 4.45. The molecule has 2 N–H and O–H groups in total. The maximum absolute atomic E-state index is 12.9. The molecule has 0 aliphatic carbocycles. The van der Waals surface area contributed by atoms with E-state index >= 15 is 0 Å². The van der Waals surface area contributed by atoms with E-state index in [-0.39, 0.29) is 12.2 Å². The number of carbonyl (C=O) groups excluding carboxylic acids is 1. The highest BCUT2D eigenvalue weighted by molar-refractivity contribution is 7.91. The first kappa shape index (κ1) is 10.4. The molecule has 1 amide bonds. The summed E-state index contributed by atoms with van der Waals surface area (Å²) in [6, 6.07) is 0. The lowest BCUT2D eigenvalue weighted by atomic mass is 10.0. The van der Waals surface area contributed by atoms with Crippen LogP contribution in [-0.2, 0) is 14.6 Å². The number of amides is 1. The zero-order valence-corrected chi connectivity index (χ0v) is 7.48. The van der Waals surface area contributed by atoms with E-state index in [9.17, 15) is 22.0 Å². The van der Waals surface area contributed by atoms with Crippen molar-refractivity contribution in [3.8, 4) is 0 Å². The second-order valence-electron chi connectivity index (χ2n) is 3.09. The normalized spacial score (nSPS) is 27.4. The van der Waals surface area contributed by atoms with Crippen LogP contribution in [-0.4, -0.2) is 31.8 Å². The van der Waals surface area contributed by atoms with E-state index < -0.39 is 33.3 Å². The topological polar surface area (TPSA) is 77.2 Å². The van der Waals surface area contributed by atoms with Crippen LogP contribution in [0.25, 0.3) is 0 Å². The molecule has 1 atom stereocenters. The molecular formula is C6H9F2NO3S. The van der Waals surface area contributed by atoms with Gasteiger partial charge in [0.2, 0.25) is 0 Å². The monoisotopic (exact) mass is 213 g/mol. The lowest BCUT2D eigenvalue weighted by Crippen LogP contribution is -2.42. The molecule has 1 unspecified atom stereocenters. The Balaban J connectivity index is 2.82. The van der Waals surface area contributed by atoms with Crippen molar-refractivity contribution in [1.29, 1.82) is 0 Å². The molecule has 1 aliphatic rings. The van der Waals surface area contributed by atoms with E-state index in [4.69, 9.17) is 0 Å². The second-order valence-corrected chi connectivity index (χ2v) is 5.32. The molecule has 0 bridgehead atoms. The van der Waals surface area contributed by atoms with Crippen molar-refractivity contribution in [3.63, 3.8) is 0 Å². The summed E-state index contributed by atoms with van der Waals surface area (Å²) in [7, 11) is -3.40. The molecule has 0 aromatic heterocycles. The third kappa shape index (κ3) is 1.96. The van der Waals surface area contributed by atoms with E-state index in [0.29, 0.717) is 0 Å². The maximum atomic E-state index is 12.9. The number of primary amides is 1. The average Bonchev–Trinajstić information content (AvgIpc) is 2.30. The van der Waals surface area contributed by atoms with Crippen LogP contribution in [0.4, 0.5) is 8.78 Å². The van der Waals surface area contributed by atoms with Gasteiger partial charge >= 0.3 is 5.92 Å². The number of alkyl halides is 2. The van der Waals surface area contributed by atoms with Crippen molar-refractivity contribution in [3.05, 3.63) is 0 Å². The molecule has 0 saturated carbocycles. The third-order valence-electron chi connectivity index (χ3n) is 2.07. The third-order valence-corrected chi connectivity index (χ3v) is 3.84. The summed E-state index contributed by atoms with van der Waals surface area (Å²) in [4.78, 5) is 10.3. The van der Waals surface area contributed by atoms with E-state index in [1.165, 1.54) is 0 Å². The number of nitrogens with two attached hydrogens (primary N) is 1. The predicted octanol–water partition coefficient (Wildman–Crippen LogP) is -0.458. The van der Waals surface area contributed by atoms with Gasteiger partial charge in [-0.25, -0.2) is 8.42 Å². The molecule has 0 aromatic carbocycles. The Morgan fingerprint density at radius 2 is 2.00 bits per heavy atom. The fraction of sp³-hybridized carbons (Fsp3) is 0.833. The number of halogens is 2. The zero-order valence-electron chi connectivity index (χ0n) is 6.66. The summed E-state index contributed by atoms with van der Waals surface area (Å²) in [6.45, 7) is 0. The minimum atomic E-state index is -3.70. The molecular weight excluding hydrogens is 204 g/mol. The van der Waals surface area contributed by atoms with E-state index in [1.807, 2.05) is 0 Å². The number of carbonyl (C=O) groups is 1. The highest BCUT2D eigenvalue weighted by Gasteiger charge is 2.50. The first-order valence-corrected chi connectivity index (χ1v) is 5.46. The van der Waals surface area contributed by atoms with Gasteiger partial charge in [0, 0.05) is 5.92 Å². The molecule has 0 aromatic rings. The fourth-order valence-electron chi connectivity index (χ4n) is 1.28. The summed E-state index contributed by atoms with van der Waals surface area (Å²) < 4.78 is 47.4. The molecule has 1 rings (SSSR count). The molecule has 0 spiro atoms. The van der Waals surface area contributed by atoms with Crippen LogP contribution in [0.5, 0.6) is 0 Å². The van der Waals surface area contributed by atoms with Crippen molar-refractivity contribution in [2.45, 2.75) is 12.3 Å². The molecule has 7 heteroatoms. The van der Waals surface area contributed by atoms with Gasteiger partial charge in [-0.05, 0) is 6.42 Å². The fourth-order valence-corrected chi connectivity index (χ4v) is 3.08. The van der Waals surface area contributed by atoms with Gasteiger partial charge in [0.25, 0.3) is 5.91 Å². The van der Waals surface area contributed by atoms with Crippen LogP contribution in [0.1, 0.15) is 6.42 Å². The Morgan fingerprint density at radius 1 is 1.46 bits per heavy atom. The molecule has 1 fully saturated rings. The maximum Gasteiger partial charge on any atom is 0.328 e. The van der Waals surface area contributed by atoms with Gasteiger partial charge in [0.1, 0.15) is 0 Å². The van der Waals surface area contributed by atoms with Crippen LogP contribution in [0.3, 0.4) is 0 Å². The SMILES string of the molecule is NC(=O)C(F)(F)C1CCS(=O)(=O)C1. The smallest absolute Gasteiger partial charge is 0.328 e. The lowest BCUT2D eigenvalue weighted by Gasteiger charge is -2.17. The molecule has 4 nitrogen and oxygen atoms in total. The van der Waals surface area contributed by atoms with E-state index in [2.05, 4.69) is 5.73 Å². The van der Waals surface area contributed by atoms with Crippen LogP contribution in [0.2, 0.25) is 0 Å². The van der Waals surface area contributed by atoms with Crippen LogP contribution >= 0.6 is 0 Å². The first-order valence-electron chi connectivity index (χ1n) is 3.64. The van der Waals surface area contributed by atoms with Gasteiger partial charge < -0.3 is 5.73 Å². The summed E-state index contributed by atoms with van der Waals surface area (Å²) in [5.74, 6) is -7.85. The Hall–Kier alpha value is -0.720. The minimum Gasteiger partial charge on any atom is -0.364 e. The molecule has 13 heavy (non-hydrogen) atoms. The van der Waals surface area contributed by atoms with Gasteiger partial charge in [-0.2, -0.15) is 8.78 Å². The van der Waals surface area contributed by atoms with E-state index in [0.717, 1.165) is 0 Å². The van der Waals surface area contributed by atoms with Crippen molar-refractivity contribution in [1.82, 2.24) is 0 Å². The zero-order chi connectivity index (χ0) is 10.3. The highest BCUT2D eigenvalue weighted by atomic mass is 32.2. The minimum absolute atomic E-state index is 0.196. The second kappa shape index (κ2) is 2.90. The molecule has 0 radical (unpaired) electrons. The first-order chi connectivity index (χ1) is 5.76. The lowest BCUT2D eigenvalue weighted by molar-refractivity contribution is -0.148. The Morgan fingerprint density at radius 3 is 2.31 bits per heavy atom. The van der Waals surface area contributed by atoms with Crippen LogP contribution in [0, 0.1) is 5.92 Å². The number of sulfone groups is 1. The predicted molar refractivity (Wildman–Crippen MR) is 40.9 cm³/mol. The number of hydrogen-bond donors (Lipinski definition) is 1. The molecule has 1 aliphatic heterocycles. The van der Waals surface area contributed by atoms with Crippen molar-refractivity contribution < 1.29 is 22.0 Å². The summed E-state index contributed by atoms with van der Waals surface area (Å²) in [6.07, 6.45) is -0.196. The molecule has 76 valence electrons. The largest absolute Gasteiger partial charge is 0.364 e. The highest BCUT2D eigenvalue weighted by Crippen LogP contribution is 2.33. The van der Waals surface area contributed by atoms with Gasteiger partial charge in [-0.3, -0.25) is 4.79 Å². The summed E-state index contributed by atoms with van der Waals surface area (Å²) >= 11 is 0. The van der Waals surface area contributed by atoms with E-state index in [1.54, 1.807) is 0 Å². The van der Waals surface area contributed by atoms with Crippen LogP contribution in [0.15, 0.2) is 0 Å². The molecule has 1 heterocycles. The van der Waals surface area contributed by atoms with Crippen LogP contribution < -0.4 is 5.73 Å². The standard InChI is InChI=1S/C6H9F2NO3S/c7-6(8,5(9)10)4-1-2-13(11,12)3-4/h4H,1-3H2,(H2,9,10). The Labute approximate surface area is 74.0 Å². The van der Waals surface area contributed by atoms with Gasteiger partial charge in [0.05, 0.1) is 11.5 Å². The van der Waals surface area contributed by atoms with Crippen molar-refractivity contribution >= 4 is 15.7 Å². The Bertz CT molecular complexity index is 325. The molecule has 1 saturated heterocycles. The summed E-state index contributed by atoms with van der Waals surface area (Å²) in [5, 5.41) is 0. The van der Waals surface area contributed by atoms with Crippen molar-refractivity contribution in [2.24, 2.45) is 11.7 Å².